The molecule has 0 fully saturated rings. The summed E-state index contributed by atoms with van der Waals surface area (Å²) in [5, 5.41) is 14.5. The van der Waals surface area contributed by atoms with Gasteiger partial charge in [0.05, 0.1) is 19.8 Å². The zero-order valence-electron chi connectivity index (χ0n) is 10.2. The van der Waals surface area contributed by atoms with Gasteiger partial charge in [-0.2, -0.15) is 0 Å². The fourth-order valence-corrected chi connectivity index (χ4v) is 1.99. The number of fused-ring (bicyclic) bond motifs is 1. The van der Waals surface area contributed by atoms with Gasteiger partial charge in [0.25, 0.3) is 0 Å². The van der Waals surface area contributed by atoms with Gasteiger partial charge in [-0.25, -0.2) is 0 Å². The molecule has 0 bridgehead atoms. The summed E-state index contributed by atoms with van der Waals surface area (Å²) in [5.41, 5.74) is 2.21. The highest BCUT2D eigenvalue weighted by molar-refractivity contribution is 5.87. The van der Waals surface area contributed by atoms with Gasteiger partial charge in [-0.05, 0) is 11.6 Å². The molecule has 0 unspecified atom stereocenters. The Morgan fingerprint density at radius 1 is 1.44 bits per heavy atom. The van der Waals surface area contributed by atoms with Crippen LogP contribution in [0.25, 0.3) is 0 Å². The largest absolute Gasteiger partial charge is 0.394 e. The normalized spacial score (nSPS) is 17.1. The van der Waals surface area contributed by atoms with E-state index in [-0.39, 0.29) is 18.6 Å². The Hall–Kier alpha value is -1.59. The molecule has 0 saturated carbocycles. The lowest BCUT2D eigenvalue weighted by molar-refractivity contribution is -0.121. The Morgan fingerprint density at radius 2 is 2.28 bits per heavy atom. The zero-order valence-corrected chi connectivity index (χ0v) is 10.2. The summed E-state index contributed by atoms with van der Waals surface area (Å²) in [7, 11) is 0. The molecule has 0 radical (unpaired) electrons. The third kappa shape index (κ3) is 3.21. The van der Waals surface area contributed by atoms with Crippen LogP contribution in [0, 0.1) is 0 Å². The first kappa shape index (κ1) is 12.9. The number of carbonyl (C=O) groups excluding carboxylic acids is 1. The molecule has 18 heavy (non-hydrogen) atoms. The van der Waals surface area contributed by atoms with E-state index in [1.807, 2.05) is 24.3 Å². The van der Waals surface area contributed by atoms with Crippen molar-refractivity contribution >= 4 is 11.6 Å². The van der Waals surface area contributed by atoms with Crippen LogP contribution in [0.2, 0.25) is 0 Å². The molecule has 1 atom stereocenters. The molecule has 5 nitrogen and oxygen atoms in total. The zero-order chi connectivity index (χ0) is 12.8. The summed E-state index contributed by atoms with van der Waals surface area (Å²) >= 11 is 0. The van der Waals surface area contributed by atoms with Crippen molar-refractivity contribution in [2.75, 3.05) is 31.7 Å². The van der Waals surface area contributed by atoms with E-state index in [9.17, 15) is 4.79 Å². The van der Waals surface area contributed by atoms with Gasteiger partial charge in [0.2, 0.25) is 5.91 Å². The molecule has 2 rings (SSSR count). The average Bonchev–Trinajstić information content (AvgIpc) is 2.82. The van der Waals surface area contributed by atoms with Gasteiger partial charge in [-0.3, -0.25) is 4.79 Å². The fraction of sp³-hybridized carbons (Fsp3) is 0.462. The van der Waals surface area contributed by atoms with Crippen molar-refractivity contribution in [3.8, 4) is 0 Å². The van der Waals surface area contributed by atoms with E-state index in [1.54, 1.807) is 0 Å². The molecule has 1 aliphatic heterocycles. The van der Waals surface area contributed by atoms with Crippen LogP contribution in [-0.2, 0) is 16.0 Å². The van der Waals surface area contributed by atoms with E-state index >= 15 is 0 Å². The molecule has 0 aromatic heterocycles. The summed E-state index contributed by atoms with van der Waals surface area (Å²) in [6.45, 7) is 1.20. The van der Waals surface area contributed by atoms with E-state index in [0.717, 1.165) is 12.1 Å². The first-order valence-corrected chi connectivity index (χ1v) is 6.12. The number of anilines is 1. The maximum atomic E-state index is 11.9. The molecule has 1 aliphatic rings. The quantitative estimate of drug-likeness (QED) is 0.628. The van der Waals surface area contributed by atoms with E-state index in [2.05, 4.69) is 10.6 Å². The van der Waals surface area contributed by atoms with Crippen LogP contribution in [-0.4, -0.2) is 43.4 Å². The summed E-state index contributed by atoms with van der Waals surface area (Å²) < 4.78 is 5.07. The molecule has 1 aromatic rings. The van der Waals surface area contributed by atoms with Crippen LogP contribution in [0.5, 0.6) is 0 Å². The number of ether oxygens (including phenoxy) is 1. The lowest BCUT2D eigenvalue weighted by atomic mass is 10.1. The van der Waals surface area contributed by atoms with Crippen LogP contribution >= 0.6 is 0 Å². The smallest absolute Gasteiger partial charge is 0.242 e. The van der Waals surface area contributed by atoms with Gasteiger partial charge in [-0.1, -0.05) is 18.2 Å². The van der Waals surface area contributed by atoms with E-state index < -0.39 is 0 Å². The Labute approximate surface area is 106 Å². The standard InChI is InChI=1S/C13H18N2O3/c16-6-8-18-7-5-14-13(17)12-9-10-3-1-2-4-11(10)15-12/h1-4,12,15-16H,5-9H2,(H,14,17)/t12-/m0/s1. The molecule has 3 N–H and O–H groups in total. The first-order chi connectivity index (χ1) is 8.81. The maximum absolute atomic E-state index is 11.9. The van der Waals surface area contributed by atoms with Crippen molar-refractivity contribution in [2.45, 2.75) is 12.5 Å². The third-order valence-electron chi connectivity index (χ3n) is 2.87. The second-order valence-electron chi connectivity index (χ2n) is 4.19. The topological polar surface area (TPSA) is 70.6 Å². The predicted octanol–water partition coefficient (Wildman–Crippen LogP) is 0.148. The number of carbonyl (C=O) groups is 1. The number of hydrogen-bond acceptors (Lipinski definition) is 4. The molecule has 98 valence electrons. The summed E-state index contributed by atoms with van der Waals surface area (Å²) in [4.78, 5) is 11.9. The second-order valence-corrected chi connectivity index (χ2v) is 4.19. The highest BCUT2D eigenvalue weighted by atomic mass is 16.5. The van der Waals surface area contributed by atoms with Crippen molar-refractivity contribution in [1.82, 2.24) is 5.32 Å². The van der Waals surface area contributed by atoms with Crippen molar-refractivity contribution in [3.05, 3.63) is 29.8 Å². The predicted molar refractivity (Wildman–Crippen MR) is 68.5 cm³/mol. The molecule has 1 aromatic carbocycles. The molecule has 0 spiro atoms. The highest BCUT2D eigenvalue weighted by Crippen LogP contribution is 2.24. The molecule has 0 saturated heterocycles. The van der Waals surface area contributed by atoms with Crippen molar-refractivity contribution in [2.24, 2.45) is 0 Å². The number of nitrogens with one attached hydrogen (secondary N) is 2. The first-order valence-electron chi connectivity index (χ1n) is 6.12. The van der Waals surface area contributed by atoms with Crippen molar-refractivity contribution in [1.29, 1.82) is 0 Å². The van der Waals surface area contributed by atoms with Crippen LogP contribution < -0.4 is 10.6 Å². The number of rotatable bonds is 6. The van der Waals surface area contributed by atoms with Crippen molar-refractivity contribution < 1.29 is 14.6 Å². The minimum absolute atomic E-state index is 0.00738. The molecule has 0 aliphatic carbocycles. The van der Waals surface area contributed by atoms with Gasteiger partial charge >= 0.3 is 0 Å². The van der Waals surface area contributed by atoms with E-state index in [0.29, 0.717) is 19.8 Å². The second kappa shape index (κ2) is 6.37. The molecular formula is C13H18N2O3. The number of para-hydroxylation sites is 1. The van der Waals surface area contributed by atoms with Gasteiger partial charge in [-0.15, -0.1) is 0 Å². The van der Waals surface area contributed by atoms with E-state index in [4.69, 9.17) is 9.84 Å². The molecular weight excluding hydrogens is 232 g/mol. The number of aliphatic hydroxyl groups excluding tert-OH is 1. The molecule has 1 amide bonds. The third-order valence-corrected chi connectivity index (χ3v) is 2.87. The van der Waals surface area contributed by atoms with Gasteiger partial charge in [0.1, 0.15) is 6.04 Å². The summed E-state index contributed by atoms with van der Waals surface area (Å²) in [5.74, 6) is -0.0150. The summed E-state index contributed by atoms with van der Waals surface area (Å²) in [6, 6.07) is 7.74. The fourth-order valence-electron chi connectivity index (χ4n) is 1.99. The minimum Gasteiger partial charge on any atom is -0.394 e. The van der Waals surface area contributed by atoms with Crippen molar-refractivity contribution in [3.63, 3.8) is 0 Å². The Morgan fingerprint density at radius 3 is 3.06 bits per heavy atom. The SMILES string of the molecule is O=C(NCCOCCO)[C@@H]1Cc2ccccc2N1. The number of hydrogen-bond donors (Lipinski definition) is 3. The van der Waals surface area contributed by atoms with E-state index in [1.165, 1.54) is 5.56 Å². The number of benzene rings is 1. The Balaban J connectivity index is 1.72. The van der Waals surface area contributed by atoms with Crippen LogP contribution in [0.15, 0.2) is 24.3 Å². The van der Waals surface area contributed by atoms with Gasteiger partial charge in [0.15, 0.2) is 0 Å². The average molecular weight is 250 g/mol. The Kier molecular flexibility index (Phi) is 4.55. The summed E-state index contributed by atoms with van der Waals surface area (Å²) in [6.07, 6.45) is 0.722. The monoisotopic (exact) mass is 250 g/mol. The van der Waals surface area contributed by atoms with Gasteiger partial charge < -0.3 is 20.5 Å². The minimum atomic E-state index is -0.194. The Bertz CT molecular complexity index is 384. The van der Waals surface area contributed by atoms with Crippen LogP contribution in [0.1, 0.15) is 5.56 Å². The van der Waals surface area contributed by atoms with Crippen LogP contribution in [0.3, 0.4) is 0 Å². The molecule has 1 heterocycles. The molecule has 5 heteroatoms. The number of amides is 1. The number of aliphatic hydroxyl groups is 1. The van der Waals surface area contributed by atoms with Crippen LogP contribution in [0.4, 0.5) is 5.69 Å². The lowest BCUT2D eigenvalue weighted by Gasteiger charge is -2.11. The lowest BCUT2D eigenvalue weighted by Crippen LogP contribution is -2.39. The van der Waals surface area contributed by atoms with Gasteiger partial charge in [0, 0.05) is 18.7 Å². The maximum Gasteiger partial charge on any atom is 0.242 e. The highest BCUT2D eigenvalue weighted by Gasteiger charge is 2.25.